The van der Waals surface area contributed by atoms with Gasteiger partial charge in [-0.2, -0.15) is 0 Å². The van der Waals surface area contributed by atoms with E-state index in [0.717, 1.165) is 154 Å². The van der Waals surface area contributed by atoms with E-state index in [1.807, 2.05) is 12.1 Å². The molecule has 0 saturated heterocycles. The van der Waals surface area contributed by atoms with Crippen LogP contribution in [0.5, 0.6) is 0 Å². The van der Waals surface area contributed by atoms with Crippen molar-refractivity contribution in [2.24, 2.45) is 0 Å². The second kappa shape index (κ2) is 14.9. The summed E-state index contributed by atoms with van der Waals surface area (Å²) in [7, 11) is 0. The number of furan rings is 4. The minimum absolute atomic E-state index is 0.802. The highest BCUT2D eigenvalue weighted by atomic mass is 16.3. The lowest BCUT2D eigenvalue weighted by Gasteiger charge is -2.25. The first-order valence-corrected chi connectivity index (χ1v) is 24.3. The van der Waals surface area contributed by atoms with Gasteiger partial charge in [0.2, 0.25) is 0 Å². The second-order valence-electron chi connectivity index (χ2n) is 18.8. The van der Waals surface area contributed by atoms with Gasteiger partial charge in [0.05, 0.1) is 22.7 Å². The summed E-state index contributed by atoms with van der Waals surface area (Å²) < 4.78 is 27.3. The lowest BCUT2D eigenvalue weighted by molar-refractivity contribution is 0.668. The van der Waals surface area contributed by atoms with Crippen LogP contribution < -0.4 is 9.80 Å². The Morgan fingerprint density at radius 2 is 0.583 bits per heavy atom. The lowest BCUT2D eigenvalue weighted by atomic mass is 10.0. The van der Waals surface area contributed by atoms with Crippen molar-refractivity contribution in [3.8, 4) is 0 Å². The number of benzene rings is 12. The summed E-state index contributed by atoms with van der Waals surface area (Å²) in [6.45, 7) is 0. The molecule has 0 aliphatic carbocycles. The Kier molecular flexibility index (Phi) is 8.07. The smallest absolute Gasteiger partial charge is 0.159 e. The molecule has 16 aromatic rings. The van der Waals surface area contributed by atoms with Crippen LogP contribution in [0, 0.1) is 0 Å². The molecule has 12 aromatic carbocycles. The van der Waals surface area contributed by atoms with Crippen LogP contribution in [0.1, 0.15) is 0 Å². The number of anilines is 6. The number of fused-ring (bicyclic) bond motifs is 17. The minimum Gasteiger partial charge on any atom is -0.455 e. The Balaban J connectivity index is 0.833. The molecule has 0 aliphatic heterocycles. The van der Waals surface area contributed by atoms with Gasteiger partial charge in [0.15, 0.2) is 11.2 Å². The van der Waals surface area contributed by atoms with E-state index in [1.165, 1.54) is 0 Å². The summed E-state index contributed by atoms with van der Waals surface area (Å²) in [5.41, 5.74) is 12.5. The zero-order valence-corrected chi connectivity index (χ0v) is 38.5. The quantitative estimate of drug-likeness (QED) is 0.166. The minimum atomic E-state index is 0.802. The molecule has 6 nitrogen and oxygen atoms in total. The van der Waals surface area contributed by atoms with Gasteiger partial charge in [0.25, 0.3) is 0 Å². The van der Waals surface area contributed by atoms with Crippen molar-refractivity contribution in [3.63, 3.8) is 0 Å². The summed E-state index contributed by atoms with van der Waals surface area (Å²) in [5, 5.41) is 15.2. The largest absolute Gasteiger partial charge is 0.455 e. The first-order chi connectivity index (χ1) is 35.7. The Labute approximate surface area is 410 Å². The summed E-state index contributed by atoms with van der Waals surface area (Å²) in [6.07, 6.45) is 0. The monoisotopic (exact) mass is 922 g/mol. The Bertz CT molecular complexity index is 4580. The highest BCUT2D eigenvalue weighted by molar-refractivity contribution is 6.20. The van der Waals surface area contributed by atoms with Crippen LogP contribution in [0.3, 0.4) is 0 Å². The van der Waals surface area contributed by atoms with Gasteiger partial charge in [-0.15, -0.1) is 0 Å². The third kappa shape index (κ3) is 5.72. The molecule has 0 unspecified atom stereocenters. The third-order valence-corrected chi connectivity index (χ3v) is 14.8. The van der Waals surface area contributed by atoms with E-state index >= 15 is 0 Å². The molecule has 0 atom stereocenters. The molecule has 336 valence electrons. The van der Waals surface area contributed by atoms with Crippen molar-refractivity contribution in [2.75, 3.05) is 9.80 Å². The predicted octanol–water partition coefficient (Wildman–Crippen LogP) is 19.7. The maximum Gasteiger partial charge on any atom is 0.159 e. The number of rotatable bonds is 6. The molecule has 0 radical (unpaired) electrons. The van der Waals surface area contributed by atoms with Crippen LogP contribution >= 0.6 is 0 Å². The number of para-hydroxylation sites is 4. The van der Waals surface area contributed by atoms with Gasteiger partial charge in [-0.05, 0) is 119 Å². The van der Waals surface area contributed by atoms with E-state index in [-0.39, 0.29) is 0 Å². The topological polar surface area (TPSA) is 59.0 Å². The van der Waals surface area contributed by atoms with Crippen LogP contribution in [-0.4, -0.2) is 0 Å². The number of hydrogen-bond donors (Lipinski definition) is 0. The zero-order valence-electron chi connectivity index (χ0n) is 38.5. The molecule has 0 N–H and O–H groups in total. The van der Waals surface area contributed by atoms with Crippen molar-refractivity contribution in [3.05, 3.63) is 231 Å². The van der Waals surface area contributed by atoms with Crippen LogP contribution in [0.25, 0.3) is 120 Å². The molecular formula is C66H38N2O4. The van der Waals surface area contributed by atoms with Gasteiger partial charge >= 0.3 is 0 Å². The van der Waals surface area contributed by atoms with Gasteiger partial charge in [-0.3, -0.25) is 0 Å². The van der Waals surface area contributed by atoms with E-state index in [9.17, 15) is 0 Å². The van der Waals surface area contributed by atoms with Crippen molar-refractivity contribution >= 4 is 154 Å². The molecule has 6 heteroatoms. The van der Waals surface area contributed by atoms with E-state index in [0.29, 0.717) is 0 Å². The molecule has 0 amide bonds. The fraction of sp³-hybridized carbons (Fsp3) is 0. The van der Waals surface area contributed by atoms with Crippen LogP contribution in [0.4, 0.5) is 34.1 Å². The predicted molar refractivity (Wildman–Crippen MR) is 297 cm³/mol. The molecule has 72 heavy (non-hydrogen) atoms. The molecule has 0 bridgehead atoms. The maximum atomic E-state index is 6.98. The van der Waals surface area contributed by atoms with Crippen molar-refractivity contribution in [2.45, 2.75) is 0 Å². The van der Waals surface area contributed by atoms with Gasteiger partial charge in [0.1, 0.15) is 33.5 Å². The first-order valence-electron chi connectivity index (χ1n) is 24.3. The maximum absolute atomic E-state index is 6.98. The van der Waals surface area contributed by atoms with E-state index in [4.69, 9.17) is 17.7 Å². The fourth-order valence-corrected chi connectivity index (χ4v) is 11.4. The van der Waals surface area contributed by atoms with Crippen LogP contribution in [0.15, 0.2) is 248 Å². The fourth-order valence-electron chi connectivity index (χ4n) is 11.4. The molecule has 4 heterocycles. The van der Waals surface area contributed by atoms with Gasteiger partial charge in [0, 0.05) is 77.4 Å². The SMILES string of the molecule is c1ccc(N(c2ccc3c(c2)oc2c4ccccc4ccc32)c2cccc3c2oc2cc4cc5oc6c(N(c7ccccc7)c7ccc8c(c7)oc7c9ccccc9ccc87)cccc6c5cc4cc23)cc1. The molecule has 16 rings (SSSR count). The molecule has 0 fully saturated rings. The van der Waals surface area contributed by atoms with Crippen molar-refractivity contribution in [1.29, 1.82) is 0 Å². The highest BCUT2D eigenvalue weighted by Gasteiger charge is 2.24. The lowest BCUT2D eigenvalue weighted by Crippen LogP contribution is -2.09. The van der Waals surface area contributed by atoms with Crippen molar-refractivity contribution < 1.29 is 17.7 Å². The average Bonchev–Trinajstić information content (AvgIpc) is 4.21. The van der Waals surface area contributed by atoms with Crippen LogP contribution in [-0.2, 0) is 0 Å². The van der Waals surface area contributed by atoms with E-state index in [2.05, 4.69) is 228 Å². The van der Waals surface area contributed by atoms with E-state index < -0.39 is 0 Å². The number of nitrogens with zero attached hydrogens (tertiary/aromatic N) is 2. The van der Waals surface area contributed by atoms with Gasteiger partial charge in [-0.1, -0.05) is 121 Å². The summed E-state index contributed by atoms with van der Waals surface area (Å²) in [5.74, 6) is 0. The van der Waals surface area contributed by atoms with Crippen LogP contribution in [0.2, 0.25) is 0 Å². The number of hydrogen-bond acceptors (Lipinski definition) is 6. The summed E-state index contributed by atoms with van der Waals surface area (Å²) in [6, 6.07) is 81.1. The molecule has 0 aliphatic rings. The standard InChI is InChI=1S/C66H38N2O4/c1-3-15-43(16-4-1)67(45-27-31-49-53-29-25-39-13-7-9-19-47(39)63(53)69-61(49)37-45)57-23-11-21-51-55-33-41-34-56-52-22-12-24-58(66(52)72-60(56)36-42(41)35-59(55)71-65(51)57)68(44-17-5-2-6-18-44)46-28-32-50-54-30-26-40-14-8-10-20-48(40)64(54)70-62(50)38-46/h1-38H. The Morgan fingerprint density at radius 3 is 1.07 bits per heavy atom. The Morgan fingerprint density at radius 1 is 0.208 bits per heavy atom. The molecule has 4 aromatic heterocycles. The zero-order chi connectivity index (χ0) is 47.0. The summed E-state index contributed by atoms with van der Waals surface area (Å²) in [4.78, 5) is 4.53. The van der Waals surface area contributed by atoms with E-state index in [1.54, 1.807) is 0 Å². The highest BCUT2D eigenvalue weighted by Crippen LogP contribution is 2.48. The molecule has 0 spiro atoms. The van der Waals surface area contributed by atoms with Gasteiger partial charge in [-0.25, -0.2) is 0 Å². The Hall–Kier alpha value is -9.78. The van der Waals surface area contributed by atoms with Crippen molar-refractivity contribution in [1.82, 2.24) is 0 Å². The second-order valence-corrected chi connectivity index (χ2v) is 18.8. The summed E-state index contributed by atoms with van der Waals surface area (Å²) >= 11 is 0. The molecular weight excluding hydrogens is 885 g/mol. The average molecular weight is 923 g/mol. The normalized spacial score (nSPS) is 12.2. The van der Waals surface area contributed by atoms with Gasteiger partial charge < -0.3 is 27.5 Å². The first kappa shape index (κ1) is 39.1. The third-order valence-electron chi connectivity index (χ3n) is 14.8. The molecule has 0 saturated carbocycles.